The summed E-state index contributed by atoms with van der Waals surface area (Å²) in [6.45, 7) is 6.15. The number of alkyl halides is 6. The van der Waals surface area contributed by atoms with Crippen molar-refractivity contribution in [2.45, 2.75) is 26.2 Å². The molecular weight excluding hydrogens is 508 g/mol. The highest BCUT2D eigenvalue weighted by molar-refractivity contribution is 5.94. The summed E-state index contributed by atoms with van der Waals surface area (Å²) in [5, 5.41) is 4.93. The number of rotatable bonds is 9. The number of hydrogen-bond donors (Lipinski definition) is 2. The number of benzene rings is 2. The predicted molar refractivity (Wildman–Crippen MR) is 125 cm³/mol. The van der Waals surface area contributed by atoms with Crippen LogP contribution >= 0.6 is 0 Å². The molecule has 1 aliphatic rings. The summed E-state index contributed by atoms with van der Waals surface area (Å²) in [4.78, 5) is 14.5. The standard InChI is InChI=1S/C24H27F6N3O4/c1-3-36-20-13-19(33-5-7-35-8-6-33)21(37-4-2)12-18(20)31-14-22(34)32-17-10-15(23(25,26)27)9-16(11-17)24(28,29)30/h9-13,31H,3-8,14H2,1-2H3,(H,32,34). The molecule has 37 heavy (non-hydrogen) atoms. The maximum atomic E-state index is 13.1. The van der Waals surface area contributed by atoms with Crippen LogP contribution in [0, 0.1) is 0 Å². The predicted octanol–water partition coefficient (Wildman–Crippen LogP) is 5.41. The van der Waals surface area contributed by atoms with Crippen molar-refractivity contribution < 1.29 is 45.3 Å². The molecule has 0 spiro atoms. The third kappa shape index (κ3) is 7.57. The molecule has 0 unspecified atom stereocenters. The van der Waals surface area contributed by atoms with Gasteiger partial charge in [-0.1, -0.05) is 0 Å². The van der Waals surface area contributed by atoms with E-state index in [2.05, 4.69) is 15.5 Å². The molecule has 1 aliphatic heterocycles. The average Bonchev–Trinajstić information content (AvgIpc) is 2.83. The van der Waals surface area contributed by atoms with Crippen molar-refractivity contribution in [3.8, 4) is 11.5 Å². The third-order valence-corrected chi connectivity index (χ3v) is 5.32. The lowest BCUT2D eigenvalue weighted by molar-refractivity contribution is -0.143. The summed E-state index contributed by atoms with van der Waals surface area (Å²) in [5.41, 5.74) is -2.53. The molecule has 0 atom stereocenters. The smallest absolute Gasteiger partial charge is 0.416 e. The van der Waals surface area contributed by atoms with Gasteiger partial charge in [-0.05, 0) is 32.0 Å². The Bertz CT molecular complexity index is 1050. The minimum absolute atomic E-state index is 0.00640. The molecule has 2 N–H and O–H groups in total. The Morgan fingerprint density at radius 3 is 2.00 bits per heavy atom. The van der Waals surface area contributed by atoms with Crippen molar-refractivity contribution in [2.24, 2.45) is 0 Å². The monoisotopic (exact) mass is 535 g/mol. The molecule has 0 radical (unpaired) electrons. The molecule has 204 valence electrons. The quantitative estimate of drug-likeness (QED) is 0.419. The highest BCUT2D eigenvalue weighted by atomic mass is 19.4. The number of ether oxygens (including phenoxy) is 3. The molecule has 1 saturated heterocycles. The molecule has 2 aromatic carbocycles. The van der Waals surface area contributed by atoms with E-state index in [1.54, 1.807) is 19.1 Å². The summed E-state index contributed by atoms with van der Waals surface area (Å²) in [6.07, 6.45) is -10.0. The second kappa shape index (κ2) is 11.8. The van der Waals surface area contributed by atoms with Crippen LogP contribution in [0.1, 0.15) is 25.0 Å². The number of carbonyl (C=O) groups excluding carboxylic acids is 1. The van der Waals surface area contributed by atoms with Gasteiger partial charge in [-0.25, -0.2) is 0 Å². The number of morpholine rings is 1. The zero-order valence-corrected chi connectivity index (χ0v) is 20.2. The van der Waals surface area contributed by atoms with Crippen LogP contribution in [0.15, 0.2) is 30.3 Å². The largest absolute Gasteiger partial charge is 0.492 e. The topological polar surface area (TPSA) is 72.1 Å². The van der Waals surface area contributed by atoms with Crippen LogP contribution in [-0.4, -0.2) is 52.0 Å². The summed E-state index contributed by atoms with van der Waals surface area (Å²) in [7, 11) is 0. The Labute approximate surface area is 209 Å². The summed E-state index contributed by atoms with van der Waals surface area (Å²) >= 11 is 0. The molecule has 1 fully saturated rings. The number of nitrogens with zero attached hydrogens (tertiary/aromatic N) is 1. The molecule has 0 saturated carbocycles. The van der Waals surface area contributed by atoms with Crippen LogP contribution in [-0.2, 0) is 21.9 Å². The highest BCUT2D eigenvalue weighted by Gasteiger charge is 2.37. The van der Waals surface area contributed by atoms with Crippen molar-refractivity contribution in [3.63, 3.8) is 0 Å². The normalized spacial score (nSPS) is 14.3. The van der Waals surface area contributed by atoms with Crippen LogP contribution in [0.25, 0.3) is 0 Å². The third-order valence-electron chi connectivity index (χ3n) is 5.32. The Morgan fingerprint density at radius 1 is 0.892 bits per heavy atom. The first-order valence-corrected chi connectivity index (χ1v) is 11.5. The van der Waals surface area contributed by atoms with Crippen LogP contribution < -0.4 is 25.0 Å². The molecule has 3 rings (SSSR count). The van der Waals surface area contributed by atoms with Gasteiger partial charge in [0.15, 0.2) is 0 Å². The number of carbonyl (C=O) groups is 1. The lowest BCUT2D eigenvalue weighted by Gasteiger charge is -2.31. The molecule has 1 heterocycles. The molecule has 0 aromatic heterocycles. The van der Waals surface area contributed by atoms with Crippen molar-refractivity contribution in [3.05, 3.63) is 41.5 Å². The summed E-state index contributed by atoms with van der Waals surface area (Å²) < 4.78 is 95.5. The van der Waals surface area contributed by atoms with E-state index in [1.807, 2.05) is 6.92 Å². The fourth-order valence-corrected chi connectivity index (χ4v) is 3.69. The van der Waals surface area contributed by atoms with E-state index in [9.17, 15) is 31.1 Å². The molecule has 2 aromatic rings. The van der Waals surface area contributed by atoms with E-state index < -0.39 is 41.6 Å². The van der Waals surface area contributed by atoms with Gasteiger partial charge in [0.1, 0.15) is 11.5 Å². The second-order valence-electron chi connectivity index (χ2n) is 7.98. The molecular formula is C24H27F6N3O4. The SMILES string of the molecule is CCOc1cc(N2CCOCC2)c(OCC)cc1NCC(=O)Nc1cc(C(F)(F)F)cc(C(F)(F)F)c1. The zero-order valence-electron chi connectivity index (χ0n) is 20.2. The number of halogens is 6. The van der Waals surface area contributed by atoms with E-state index in [0.29, 0.717) is 68.8 Å². The van der Waals surface area contributed by atoms with Gasteiger partial charge in [0.2, 0.25) is 5.91 Å². The van der Waals surface area contributed by atoms with Gasteiger partial charge < -0.3 is 29.7 Å². The van der Waals surface area contributed by atoms with Gasteiger partial charge in [0.25, 0.3) is 0 Å². The van der Waals surface area contributed by atoms with E-state index in [1.165, 1.54) is 0 Å². The molecule has 1 amide bonds. The van der Waals surface area contributed by atoms with Crippen LogP contribution in [0.3, 0.4) is 0 Å². The van der Waals surface area contributed by atoms with Gasteiger partial charge >= 0.3 is 12.4 Å². The first-order valence-electron chi connectivity index (χ1n) is 11.5. The Kier molecular flexibility index (Phi) is 9.00. The molecule has 0 bridgehead atoms. The van der Waals surface area contributed by atoms with Gasteiger partial charge in [-0.3, -0.25) is 4.79 Å². The molecule has 7 nitrogen and oxygen atoms in total. The Balaban J connectivity index is 1.81. The number of amides is 1. The lowest BCUT2D eigenvalue weighted by atomic mass is 10.1. The number of hydrogen-bond acceptors (Lipinski definition) is 6. The van der Waals surface area contributed by atoms with Crippen LogP contribution in [0.4, 0.5) is 43.4 Å². The van der Waals surface area contributed by atoms with Gasteiger partial charge in [0.05, 0.1) is 55.5 Å². The van der Waals surface area contributed by atoms with Crippen LogP contribution in [0.2, 0.25) is 0 Å². The first kappa shape index (κ1) is 28.2. The molecule has 0 aliphatic carbocycles. The van der Waals surface area contributed by atoms with E-state index in [-0.39, 0.29) is 6.07 Å². The van der Waals surface area contributed by atoms with Crippen molar-refractivity contribution in [2.75, 3.05) is 61.6 Å². The van der Waals surface area contributed by atoms with E-state index in [4.69, 9.17) is 14.2 Å². The Morgan fingerprint density at radius 2 is 1.46 bits per heavy atom. The minimum Gasteiger partial charge on any atom is -0.492 e. The molecule has 13 heteroatoms. The van der Waals surface area contributed by atoms with E-state index in [0.717, 1.165) is 5.69 Å². The average molecular weight is 535 g/mol. The van der Waals surface area contributed by atoms with Gasteiger partial charge in [-0.15, -0.1) is 0 Å². The number of nitrogens with one attached hydrogen (secondary N) is 2. The maximum Gasteiger partial charge on any atom is 0.416 e. The van der Waals surface area contributed by atoms with Crippen molar-refractivity contribution in [1.29, 1.82) is 0 Å². The highest BCUT2D eigenvalue weighted by Crippen LogP contribution is 2.40. The fraction of sp³-hybridized carbons (Fsp3) is 0.458. The van der Waals surface area contributed by atoms with Crippen LogP contribution in [0.5, 0.6) is 11.5 Å². The van der Waals surface area contributed by atoms with Crippen molar-refractivity contribution >= 4 is 23.0 Å². The lowest BCUT2D eigenvalue weighted by Crippen LogP contribution is -2.36. The fourth-order valence-electron chi connectivity index (χ4n) is 3.69. The van der Waals surface area contributed by atoms with E-state index >= 15 is 0 Å². The van der Waals surface area contributed by atoms with Crippen molar-refractivity contribution in [1.82, 2.24) is 0 Å². The number of anilines is 3. The Hall–Kier alpha value is -3.35. The first-order chi connectivity index (χ1) is 17.4. The minimum atomic E-state index is -5.02. The summed E-state index contributed by atoms with van der Waals surface area (Å²) in [5.74, 6) is 0.0623. The summed E-state index contributed by atoms with van der Waals surface area (Å²) in [6, 6.07) is 4.28. The van der Waals surface area contributed by atoms with Gasteiger partial charge in [0, 0.05) is 30.9 Å². The maximum absolute atomic E-state index is 13.1. The van der Waals surface area contributed by atoms with Gasteiger partial charge in [-0.2, -0.15) is 26.3 Å². The second-order valence-corrected chi connectivity index (χ2v) is 7.98. The zero-order chi connectivity index (χ0) is 27.2.